The van der Waals surface area contributed by atoms with Crippen molar-refractivity contribution >= 4 is 23.3 Å². The van der Waals surface area contributed by atoms with E-state index in [9.17, 15) is 4.79 Å². The smallest absolute Gasteiger partial charge is 0.244 e. The molecule has 0 saturated heterocycles. The third-order valence-electron chi connectivity index (χ3n) is 3.19. The maximum absolute atomic E-state index is 11.7. The molecule has 0 saturated carbocycles. The molecule has 4 nitrogen and oxygen atoms in total. The molecule has 0 radical (unpaired) electrons. The molecule has 0 aromatic carbocycles. The van der Waals surface area contributed by atoms with Crippen molar-refractivity contribution in [3.8, 4) is 0 Å². The zero-order chi connectivity index (χ0) is 14.9. The number of furan rings is 1. The van der Waals surface area contributed by atoms with Gasteiger partial charge in [-0.3, -0.25) is 4.79 Å². The number of carbonyl (C=O) groups excluding carboxylic acids is 1. The van der Waals surface area contributed by atoms with Crippen molar-refractivity contribution in [2.24, 2.45) is 0 Å². The standard InChI is InChI=1S/C16H19NO3S/c18-9-6-14(15-2-1-11-21-15)5-8-17-16(19)4-3-13-7-10-20-12-13/h1-4,7,10-12,14,18H,5-6,8-9H2,(H,17,19)/b4-3+/t14-/m1/s1. The van der Waals surface area contributed by atoms with Gasteiger partial charge >= 0.3 is 0 Å². The maximum Gasteiger partial charge on any atom is 0.244 e. The lowest BCUT2D eigenvalue weighted by Crippen LogP contribution is -2.23. The van der Waals surface area contributed by atoms with Gasteiger partial charge in [-0.15, -0.1) is 11.3 Å². The summed E-state index contributed by atoms with van der Waals surface area (Å²) in [6.45, 7) is 0.758. The second-order valence-corrected chi connectivity index (χ2v) is 5.67. The van der Waals surface area contributed by atoms with E-state index in [1.165, 1.54) is 11.0 Å². The van der Waals surface area contributed by atoms with Gasteiger partial charge in [0.2, 0.25) is 5.91 Å². The van der Waals surface area contributed by atoms with Crippen LogP contribution in [0.1, 0.15) is 29.2 Å². The third kappa shape index (κ3) is 5.21. The molecule has 1 atom stereocenters. The Balaban J connectivity index is 1.75. The van der Waals surface area contributed by atoms with Gasteiger partial charge in [0.05, 0.1) is 12.5 Å². The van der Waals surface area contributed by atoms with Crippen LogP contribution in [-0.4, -0.2) is 24.2 Å². The van der Waals surface area contributed by atoms with Crippen molar-refractivity contribution in [3.05, 3.63) is 52.6 Å². The summed E-state index contributed by atoms with van der Waals surface area (Å²) >= 11 is 1.69. The van der Waals surface area contributed by atoms with E-state index in [4.69, 9.17) is 9.52 Å². The molecular formula is C16H19NO3S. The van der Waals surface area contributed by atoms with Gasteiger partial charge in [0.1, 0.15) is 0 Å². The summed E-state index contributed by atoms with van der Waals surface area (Å²) in [5.41, 5.74) is 0.863. The number of aliphatic hydroxyl groups is 1. The Bertz CT molecular complexity index is 546. The summed E-state index contributed by atoms with van der Waals surface area (Å²) < 4.78 is 4.92. The summed E-state index contributed by atoms with van der Waals surface area (Å²) in [5.74, 6) is 0.179. The molecule has 1 amide bonds. The molecule has 0 unspecified atom stereocenters. The van der Waals surface area contributed by atoms with Crippen molar-refractivity contribution < 1.29 is 14.3 Å². The quantitative estimate of drug-likeness (QED) is 0.737. The summed E-state index contributed by atoms with van der Waals surface area (Å²) in [6, 6.07) is 5.88. The molecular weight excluding hydrogens is 286 g/mol. The highest BCUT2D eigenvalue weighted by molar-refractivity contribution is 7.10. The Morgan fingerprint density at radius 3 is 3.00 bits per heavy atom. The minimum absolute atomic E-state index is 0.120. The molecule has 0 aliphatic carbocycles. The summed E-state index contributed by atoms with van der Waals surface area (Å²) in [6.07, 6.45) is 7.91. The highest BCUT2D eigenvalue weighted by Gasteiger charge is 2.12. The maximum atomic E-state index is 11.7. The summed E-state index contributed by atoms with van der Waals surface area (Å²) in [7, 11) is 0. The van der Waals surface area contributed by atoms with Gasteiger partial charge in [-0.25, -0.2) is 0 Å². The first kappa shape index (κ1) is 15.5. The fraction of sp³-hybridized carbons (Fsp3) is 0.312. The SMILES string of the molecule is O=C(/C=C/c1ccoc1)NCC[C@H](CCO)c1cccs1. The van der Waals surface area contributed by atoms with Crippen molar-refractivity contribution in [1.29, 1.82) is 0 Å². The van der Waals surface area contributed by atoms with Gasteiger partial charge in [0.25, 0.3) is 0 Å². The average Bonchev–Trinajstić information content (AvgIpc) is 3.17. The molecule has 0 bridgehead atoms. The Hall–Kier alpha value is -1.85. The van der Waals surface area contributed by atoms with E-state index in [-0.39, 0.29) is 12.5 Å². The number of amides is 1. The van der Waals surface area contributed by atoms with Crippen LogP contribution >= 0.6 is 11.3 Å². The Morgan fingerprint density at radius 1 is 1.43 bits per heavy atom. The van der Waals surface area contributed by atoms with E-state index >= 15 is 0 Å². The molecule has 0 fully saturated rings. The highest BCUT2D eigenvalue weighted by Crippen LogP contribution is 2.26. The van der Waals surface area contributed by atoms with Crippen LogP contribution in [0.3, 0.4) is 0 Å². The second kappa shape index (κ2) is 8.44. The molecule has 0 aliphatic rings. The predicted molar refractivity (Wildman–Crippen MR) is 84.1 cm³/mol. The number of aliphatic hydroxyl groups excluding tert-OH is 1. The Labute approximate surface area is 128 Å². The van der Waals surface area contributed by atoms with E-state index in [0.29, 0.717) is 12.5 Å². The first-order chi connectivity index (χ1) is 10.3. The van der Waals surface area contributed by atoms with Crippen LogP contribution in [0, 0.1) is 0 Å². The monoisotopic (exact) mass is 305 g/mol. The van der Waals surface area contributed by atoms with Gasteiger partial charge in [-0.1, -0.05) is 6.07 Å². The minimum Gasteiger partial charge on any atom is -0.472 e. The van der Waals surface area contributed by atoms with Crippen LogP contribution in [0.25, 0.3) is 6.08 Å². The predicted octanol–water partition coefficient (Wildman–Crippen LogP) is 3.03. The van der Waals surface area contributed by atoms with Crippen molar-refractivity contribution in [2.45, 2.75) is 18.8 Å². The largest absolute Gasteiger partial charge is 0.472 e. The summed E-state index contributed by atoms with van der Waals surface area (Å²) in [4.78, 5) is 12.9. The molecule has 2 aromatic heterocycles. The molecule has 2 rings (SSSR count). The van der Waals surface area contributed by atoms with Crippen LogP contribution in [0.5, 0.6) is 0 Å². The number of rotatable bonds is 8. The third-order valence-corrected chi connectivity index (χ3v) is 4.22. The molecule has 2 N–H and O–H groups in total. The average molecular weight is 305 g/mol. The van der Waals surface area contributed by atoms with Crippen LogP contribution in [-0.2, 0) is 4.79 Å². The number of hydrogen-bond donors (Lipinski definition) is 2. The fourth-order valence-corrected chi connectivity index (χ4v) is 2.98. The fourth-order valence-electron chi connectivity index (χ4n) is 2.08. The van der Waals surface area contributed by atoms with E-state index in [1.807, 2.05) is 11.4 Å². The van der Waals surface area contributed by atoms with Crippen molar-refractivity contribution in [3.63, 3.8) is 0 Å². The molecule has 5 heteroatoms. The lowest BCUT2D eigenvalue weighted by atomic mass is 10.00. The Morgan fingerprint density at radius 2 is 2.33 bits per heavy atom. The molecule has 21 heavy (non-hydrogen) atoms. The molecule has 0 spiro atoms. The molecule has 112 valence electrons. The first-order valence-electron chi connectivity index (χ1n) is 6.92. The van der Waals surface area contributed by atoms with Gasteiger partial charge in [0, 0.05) is 29.7 Å². The zero-order valence-corrected chi connectivity index (χ0v) is 12.5. The van der Waals surface area contributed by atoms with Crippen LogP contribution in [0.2, 0.25) is 0 Å². The molecule has 2 aromatic rings. The lowest BCUT2D eigenvalue weighted by Gasteiger charge is -2.14. The van der Waals surface area contributed by atoms with E-state index < -0.39 is 0 Å². The molecule has 0 aliphatic heterocycles. The molecule has 2 heterocycles. The number of hydrogen-bond acceptors (Lipinski definition) is 4. The van der Waals surface area contributed by atoms with Gasteiger partial charge in [-0.2, -0.15) is 0 Å². The number of carbonyl (C=O) groups is 1. The van der Waals surface area contributed by atoms with E-state index in [1.54, 1.807) is 36.0 Å². The Kier molecular flexibility index (Phi) is 6.24. The van der Waals surface area contributed by atoms with Crippen LogP contribution in [0.15, 0.2) is 46.6 Å². The minimum atomic E-state index is -0.120. The number of nitrogens with one attached hydrogen (secondary N) is 1. The normalized spacial score (nSPS) is 12.6. The van der Waals surface area contributed by atoms with Gasteiger partial charge in [0.15, 0.2) is 0 Å². The van der Waals surface area contributed by atoms with E-state index in [0.717, 1.165) is 18.4 Å². The van der Waals surface area contributed by atoms with Crippen LogP contribution < -0.4 is 5.32 Å². The van der Waals surface area contributed by atoms with Crippen molar-refractivity contribution in [1.82, 2.24) is 5.32 Å². The van der Waals surface area contributed by atoms with Crippen molar-refractivity contribution in [2.75, 3.05) is 13.2 Å². The summed E-state index contributed by atoms with van der Waals surface area (Å²) in [5, 5.41) is 14.0. The highest BCUT2D eigenvalue weighted by atomic mass is 32.1. The zero-order valence-electron chi connectivity index (χ0n) is 11.7. The second-order valence-electron chi connectivity index (χ2n) is 4.69. The lowest BCUT2D eigenvalue weighted by molar-refractivity contribution is -0.116. The van der Waals surface area contributed by atoms with Gasteiger partial charge < -0.3 is 14.8 Å². The number of thiophene rings is 1. The van der Waals surface area contributed by atoms with Gasteiger partial charge in [-0.05, 0) is 42.3 Å². The van der Waals surface area contributed by atoms with Crippen LogP contribution in [0.4, 0.5) is 0 Å². The van der Waals surface area contributed by atoms with E-state index in [2.05, 4.69) is 11.4 Å². The first-order valence-corrected chi connectivity index (χ1v) is 7.80. The topological polar surface area (TPSA) is 62.5 Å².